The lowest BCUT2D eigenvalue weighted by atomic mass is 10.1. The third-order valence-electron chi connectivity index (χ3n) is 3.11. The van der Waals surface area contributed by atoms with Crippen molar-refractivity contribution in [3.63, 3.8) is 0 Å². The van der Waals surface area contributed by atoms with Gasteiger partial charge in [0.05, 0.1) is 12.7 Å². The van der Waals surface area contributed by atoms with Crippen molar-refractivity contribution in [1.29, 1.82) is 0 Å². The SMILES string of the molecule is COc1cc(C(=O)OCC(=O)Nc2ccc(Br)cc2)ccc1C. The van der Waals surface area contributed by atoms with E-state index in [0.717, 1.165) is 10.0 Å². The Bertz CT molecular complexity index is 713. The molecule has 2 aromatic carbocycles. The summed E-state index contributed by atoms with van der Waals surface area (Å²) in [5.74, 6) is -0.382. The molecule has 0 saturated heterocycles. The standard InChI is InChI=1S/C17H16BrNO4/c1-11-3-4-12(9-15(11)22-2)17(21)23-10-16(20)19-14-7-5-13(18)6-8-14/h3-9H,10H2,1-2H3,(H,19,20). The number of rotatable bonds is 5. The van der Waals surface area contributed by atoms with Gasteiger partial charge in [0.15, 0.2) is 6.61 Å². The number of anilines is 1. The number of esters is 1. The normalized spacial score (nSPS) is 10.0. The maximum absolute atomic E-state index is 12.0. The van der Waals surface area contributed by atoms with Crippen LogP contribution < -0.4 is 10.1 Å². The molecule has 120 valence electrons. The highest BCUT2D eigenvalue weighted by Gasteiger charge is 2.12. The molecule has 0 aliphatic carbocycles. The molecule has 0 aliphatic rings. The summed E-state index contributed by atoms with van der Waals surface area (Å²) >= 11 is 3.31. The zero-order valence-corrected chi connectivity index (χ0v) is 14.3. The number of aryl methyl sites for hydroxylation is 1. The van der Waals surface area contributed by atoms with Gasteiger partial charge in [-0.05, 0) is 48.9 Å². The second kappa shape index (κ2) is 7.78. The number of carbonyl (C=O) groups is 2. The Morgan fingerprint density at radius 2 is 1.83 bits per heavy atom. The summed E-state index contributed by atoms with van der Waals surface area (Å²) in [6.07, 6.45) is 0. The predicted octanol–water partition coefficient (Wildman–Crippen LogP) is 3.56. The molecule has 1 amide bonds. The van der Waals surface area contributed by atoms with E-state index in [4.69, 9.17) is 9.47 Å². The number of hydrogen-bond donors (Lipinski definition) is 1. The quantitative estimate of drug-likeness (QED) is 0.809. The van der Waals surface area contributed by atoms with Gasteiger partial charge in [0.25, 0.3) is 5.91 Å². The Morgan fingerprint density at radius 3 is 2.48 bits per heavy atom. The van der Waals surface area contributed by atoms with E-state index < -0.39 is 11.9 Å². The summed E-state index contributed by atoms with van der Waals surface area (Å²) in [4.78, 5) is 23.7. The van der Waals surface area contributed by atoms with Crippen LogP contribution in [0.15, 0.2) is 46.9 Å². The van der Waals surface area contributed by atoms with Gasteiger partial charge in [-0.2, -0.15) is 0 Å². The minimum absolute atomic E-state index is 0.337. The van der Waals surface area contributed by atoms with Gasteiger partial charge < -0.3 is 14.8 Å². The topological polar surface area (TPSA) is 64.6 Å². The Labute approximate surface area is 142 Å². The largest absolute Gasteiger partial charge is 0.496 e. The van der Waals surface area contributed by atoms with Crippen LogP contribution in [0.2, 0.25) is 0 Å². The Balaban J connectivity index is 1.91. The van der Waals surface area contributed by atoms with Crippen molar-refractivity contribution in [2.24, 2.45) is 0 Å². The second-order valence-electron chi connectivity index (χ2n) is 4.82. The lowest BCUT2D eigenvalue weighted by molar-refractivity contribution is -0.119. The first-order valence-electron chi connectivity index (χ1n) is 6.87. The summed E-state index contributed by atoms with van der Waals surface area (Å²) in [7, 11) is 1.53. The Kier molecular flexibility index (Phi) is 5.76. The Morgan fingerprint density at radius 1 is 1.13 bits per heavy atom. The van der Waals surface area contributed by atoms with Crippen molar-refractivity contribution in [2.75, 3.05) is 19.0 Å². The summed E-state index contributed by atoms with van der Waals surface area (Å²) in [6.45, 7) is 1.52. The molecule has 0 fully saturated rings. The highest BCUT2D eigenvalue weighted by atomic mass is 79.9. The van der Waals surface area contributed by atoms with Crippen LogP contribution >= 0.6 is 15.9 Å². The molecule has 6 heteroatoms. The first-order valence-corrected chi connectivity index (χ1v) is 7.66. The van der Waals surface area contributed by atoms with Crippen molar-refractivity contribution in [3.05, 3.63) is 58.1 Å². The third-order valence-corrected chi connectivity index (χ3v) is 3.63. The zero-order valence-electron chi connectivity index (χ0n) is 12.8. The smallest absolute Gasteiger partial charge is 0.338 e. The van der Waals surface area contributed by atoms with Gasteiger partial charge in [-0.1, -0.05) is 22.0 Å². The molecule has 2 aromatic rings. The minimum atomic E-state index is -0.575. The number of methoxy groups -OCH3 is 1. The van der Waals surface area contributed by atoms with Gasteiger partial charge in [0.2, 0.25) is 0 Å². The molecular weight excluding hydrogens is 362 g/mol. The average Bonchev–Trinajstić information content (AvgIpc) is 2.55. The molecule has 0 atom stereocenters. The summed E-state index contributed by atoms with van der Waals surface area (Å²) in [6, 6.07) is 12.1. The molecule has 0 saturated carbocycles. The maximum Gasteiger partial charge on any atom is 0.338 e. The van der Waals surface area contributed by atoms with E-state index in [-0.39, 0.29) is 6.61 Å². The van der Waals surface area contributed by atoms with Crippen LogP contribution in [0.3, 0.4) is 0 Å². The van der Waals surface area contributed by atoms with Crippen LogP contribution in [0.1, 0.15) is 15.9 Å². The molecule has 0 aliphatic heterocycles. The first kappa shape index (κ1) is 17.0. The van der Waals surface area contributed by atoms with Crippen LogP contribution in [0.5, 0.6) is 5.75 Å². The molecule has 2 rings (SSSR count). The number of ether oxygens (including phenoxy) is 2. The van der Waals surface area contributed by atoms with Crippen LogP contribution in [-0.4, -0.2) is 25.6 Å². The lowest BCUT2D eigenvalue weighted by Gasteiger charge is -2.09. The second-order valence-corrected chi connectivity index (χ2v) is 5.73. The van der Waals surface area contributed by atoms with Gasteiger partial charge in [-0.3, -0.25) is 4.79 Å². The van der Waals surface area contributed by atoms with Crippen molar-refractivity contribution >= 4 is 33.5 Å². The first-order chi connectivity index (χ1) is 11.0. The molecular formula is C17H16BrNO4. The lowest BCUT2D eigenvalue weighted by Crippen LogP contribution is -2.20. The molecule has 0 spiro atoms. The highest BCUT2D eigenvalue weighted by molar-refractivity contribution is 9.10. The van der Waals surface area contributed by atoms with Crippen LogP contribution in [0.25, 0.3) is 0 Å². The number of amides is 1. The van der Waals surface area contributed by atoms with Crippen molar-refractivity contribution in [1.82, 2.24) is 0 Å². The monoisotopic (exact) mass is 377 g/mol. The van der Waals surface area contributed by atoms with Gasteiger partial charge >= 0.3 is 5.97 Å². The fraction of sp³-hybridized carbons (Fsp3) is 0.176. The van der Waals surface area contributed by atoms with Crippen molar-refractivity contribution < 1.29 is 19.1 Å². The van der Waals surface area contributed by atoms with Gasteiger partial charge in [0.1, 0.15) is 5.75 Å². The molecule has 0 radical (unpaired) electrons. The fourth-order valence-corrected chi connectivity index (χ4v) is 2.16. The zero-order chi connectivity index (χ0) is 16.8. The molecule has 23 heavy (non-hydrogen) atoms. The minimum Gasteiger partial charge on any atom is -0.496 e. The van der Waals surface area contributed by atoms with Crippen molar-refractivity contribution in [3.8, 4) is 5.75 Å². The third kappa shape index (κ3) is 4.82. The number of hydrogen-bond acceptors (Lipinski definition) is 4. The van der Waals surface area contributed by atoms with E-state index in [1.54, 1.807) is 42.5 Å². The fourth-order valence-electron chi connectivity index (χ4n) is 1.89. The van der Waals surface area contributed by atoms with Crippen LogP contribution in [0.4, 0.5) is 5.69 Å². The van der Waals surface area contributed by atoms with E-state index in [2.05, 4.69) is 21.2 Å². The Hall–Kier alpha value is -2.34. The van der Waals surface area contributed by atoms with E-state index in [9.17, 15) is 9.59 Å². The molecule has 5 nitrogen and oxygen atoms in total. The number of benzene rings is 2. The molecule has 0 bridgehead atoms. The summed E-state index contributed by atoms with van der Waals surface area (Å²) in [5, 5.41) is 2.65. The number of nitrogens with one attached hydrogen (secondary N) is 1. The number of halogens is 1. The highest BCUT2D eigenvalue weighted by Crippen LogP contribution is 2.19. The van der Waals surface area contributed by atoms with E-state index in [1.807, 2.05) is 6.92 Å². The molecule has 0 heterocycles. The summed E-state index contributed by atoms with van der Waals surface area (Å²) in [5.41, 5.74) is 1.88. The average molecular weight is 378 g/mol. The summed E-state index contributed by atoms with van der Waals surface area (Å²) < 4.78 is 11.1. The number of carbonyl (C=O) groups excluding carboxylic acids is 2. The van der Waals surface area contributed by atoms with E-state index >= 15 is 0 Å². The van der Waals surface area contributed by atoms with Gasteiger partial charge in [-0.15, -0.1) is 0 Å². The predicted molar refractivity (Wildman–Crippen MR) is 90.8 cm³/mol. The molecule has 1 N–H and O–H groups in total. The van der Waals surface area contributed by atoms with Crippen LogP contribution in [-0.2, 0) is 9.53 Å². The van der Waals surface area contributed by atoms with Crippen LogP contribution in [0, 0.1) is 6.92 Å². The maximum atomic E-state index is 12.0. The van der Waals surface area contributed by atoms with E-state index in [1.165, 1.54) is 7.11 Å². The van der Waals surface area contributed by atoms with E-state index in [0.29, 0.717) is 17.0 Å². The van der Waals surface area contributed by atoms with Gasteiger partial charge in [0, 0.05) is 10.2 Å². The van der Waals surface area contributed by atoms with Gasteiger partial charge in [-0.25, -0.2) is 4.79 Å². The molecule has 0 aromatic heterocycles. The van der Waals surface area contributed by atoms with Crippen molar-refractivity contribution in [2.45, 2.75) is 6.92 Å². The molecule has 0 unspecified atom stereocenters.